The number of amides is 3. The highest BCUT2D eigenvalue weighted by Gasteiger charge is 2.21. The molecule has 1 saturated heterocycles. The van der Waals surface area contributed by atoms with Crippen molar-refractivity contribution in [2.24, 2.45) is 0 Å². The Morgan fingerprint density at radius 2 is 1.48 bits per heavy atom. The number of benzene rings is 3. The van der Waals surface area contributed by atoms with Gasteiger partial charge in [0.1, 0.15) is 11.6 Å². The summed E-state index contributed by atoms with van der Waals surface area (Å²) >= 11 is 0. The Balaban J connectivity index is 1.26. The van der Waals surface area contributed by atoms with Crippen molar-refractivity contribution in [2.45, 2.75) is 6.54 Å². The normalized spacial score (nSPS) is 13.5. The number of phenolic OH excluding ortho intramolecular Hbond substituents is 1. The van der Waals surface area contributed by atoms with E-state index < -0.39 is 0 Å². The maximum Gasteiger partial charge on any atom is 0.317 e. The van der Waals surface area contributed by atoms with Crippen molar-refractivity contribution in [2.75, 3.05) is 36.4 Å². The number of nitrogens with one attached hydrogen (secondary N) is 2. The van der Waals surface area contributed by atoms with Gasteiger partial charge in [-0.05, 0) is 66.2 Å². The first-order chi connectivity index (χ1) is 16.0. The zero-order chi connectivity index (χ0) is 23.2. The van der Waals surface area contributed by atoms with E-state index >= 15 is 0 Å². The zero-order valence-corrected chi connectivity index (χ0v) is 18.0. The van der Waals surface area contributed by atoms with Gasteiger partial charge in [0.15, 0.2) is 0 Å². The van der Waals surface area contributed by atoms with E-state index in [1.165, 1.54) is 24.3 Å². The molecule has 1 heterocycles. The summed E-state index contributed by atoms with van der Waals surface area (Å²) < 4.78 is 13.0. The van der Waals surface area contributed by atoms with Gasteiger partial charge in [0.2, 0.25) is 0 Å². The number of nitrogens with zero attached hydrogens (tertiary/aromatic N) is 2. The Hall–Kier alpha value is -4.07. The Kier molecular flexibility index (Phi) is 6.73. The number of phenols is 1. The number of hydrogen-bond donors (Lipinski definition) is 3. The predicted molar refractivity (Wildman–Crippen MR) is 125 cm³/mol. The Bertz CT molecular complexity index is 1090. The van der Waals surface area contributed by atoms with Gasteiger partial charge in [-0.25, -0.2) is 9.18 Å². The monoisotopic (exact) mass is 448 g/mol. The van der Waals surface area contributed by atoms with Crippen molar-refractivity contribution in [1.29, 1.82) is 0 Å². The van der Waals surface area contributed by atoms with Crippen LogP contribution >= 0.6 is 0 Å². The van der Waals surface area contributed by atoms with Crippen molar-refractivity contribution >= 4 is 23.3 Å². The van der Waals surface area contributed by atoms with Crippen LogP contribution in [-0.4, -0.2) is 48.1 Å². The molecule has 7 nitrogen and oxygen atoms in total. The fourth-order valence-electron chi connectivity index (χ4n) is 3.63. The number of carbonyl (C=O) groups excluding carboxylic acids is 2. The van der Waals surface area contributed by atoms with Crippen LogP contribution in [0.5, 0.6) is 5.75 Å². The third kappa shape index (κ3) is 5.79. The second-order valence-electron chi connectivity index (χ2n) is 7.81. The van der Waals surface area contributed by atoms with E-state index in [9.17, 15) is 19.1 Å². The van der Waals surface area contributed by atoms with Crippen molar-refractivity contribution < 1.29 is 19.1 Å². The highest BCUT2D eigenvalue weighted by molar-refractivity contribution is 6.04. The minimum absolute atomic E-state index is 0.139. The van der Waals surface area contributed by atoms with Crippen LogP contribution in [0.3, 0.4) is 0 Å². The van der Waals surface area contributed by atoms with Crippen LogP contribution in [0.2, 0.25) is 0 Å². The molecule has 0 spiro atoms. The Morgan fingerprint density at radius 1 is 0.848 bits per heavy atom. The molecular formula is C25H25FN4O3. The molecule has 3 aromatic rings. The number of hydrogen-bond acceptors (Lipinski definition) is 4. The van der Waals surface area contributed by atoms with Gasteiger partial charge in [-0.3, -0.25) is 4.79 Å². The molecule has 0 bridgehead atoms. The van der Waals surface area contributed by atoms with Gasteiger partial charge in [-0.1, -0.05) is 12.1 Å². The molecular weight excluding hydrogens is 423 g/mol. The second kappa shape index (κ2) is 10.0. The zero-order valence-electron chi connectivity index (χ0n) is 18.0. The molecule has 0 aliphatic carbocycles. The first kappa shape index (κ1) is 22.1. The Morgan fingerprint density at radius 3 is 2.12 bits per heavy atom. The quantitative estimate of drug-likeness (QED) is 0.518. The van der Waals surface area contributed by atoms with Crippen LogP contribution in [-0.2, 0) is 6.54 Å². The second-order valence-corrected chi connectivity index (χ2v) is 7.81. The van der Waals surface area contributed by atoms with Gasteiger partial charge in [0.05, 0.1) is 0 Å². The maximum atomic E-state index is 13.0. The highest BCUT2D eigenvalue weighted by Crippen LogP contribution is 2.19. The Labute approximate surface area is 191 Å². The number of carbonyl (C=O) groups is 2. The summed E-state index contributed by atoms with van der Waals surface area (Å²) in [5, 5.41) is 15.0. The fourth-order valence-corrected chi connectivity index (χ4v) is 3.63. The van der Waals surface area contributed by atoms with Crippen LogP contribution in [0.15, 0.2) is 72.8 Å². The number of aromatic hydroxyl groups is 1. The molecule has 0 atom stereocenters. The molecule has 1 fully saturated rings. The first-order valence-electron chi connectivity index (χ1n) is 10.7. The molecule has 4 rings (SSSR count). The molecule has 8 heteroatoms. The van der Waals surface area contributed by atoms with Gasteiger partial charge in [-0.15, -0.1) is 0 Å². The molecule has 1 aliphatic heterocycles. The average molecular weight is 448 g/mol. The molecule has 0 saturated carbocycles. The van der Waals surface area contributed by atoms with Gasteiger partial charge in [0.25, 0.3) is 5.91 Å². The van der Waals surface area contributed by atoms with E-state index in [2.05, 4.69) is 15.5 Å². The topological polar surface area (TPSA) is 84.9 Å². The third-order valence-electron chi connectivity index (χ3n) is 5.54. The molecule has 170 valence electrons. The highest BCUT2D eigenvalue weighted by atomic mass is 19.1. The summed E-state index contributed by atoms with van der Waals surface area (Å²) in [7, 11) is 0. The third-order valence-corrected chi connectivity index (χ3v) is 5.54. The number of anilines is 2. The maximum absolute atomic E-state index is 13.0. The molecule has 33 heavy (non-hydrogen) atoms. The van der Waals surface area contributed by atoms with Crippen LogP contribution < -0.4 is 15.5 Å². The lowest BCUT2D eigenvalue weighted by Crippen LogP contribution is -2.51. The molecule has 0 unspecified atom stereocenters. The summed E-state index contributed by atoms with van der Waals surface area (Å²) in [5.41, 5.74) is 2.97. The molecule has 1 aliphatic rings. The van der Waals surface area contributed by atoms with E-state index in [0.29, 0.717) is 44.0 Å². The standard InChI is InChI=1S/C25H25FN4O3/c26-20-5-1-18(2-6-20)17-27-25(33)30-15-13-29(14-16-30)22-9-3-19(4-10-22)24(32)28-21-7-11-23(31)12-8-21/h1-12,31H,13-17H2,(H,27,33)(H,28,32). The summed E-state index contributed by atoms with van der Waals surface area (Å²) in [6, 6.07) is 19.6. The van der Waals surface area contributed by atoms with Crippen molar-refractivity contribution in [3.05, 3.63) is 89.7 Å². The molecule has 3 aromatic carbocycles. The van der Waals surface area contributed by atoms with E-state index in [1.807, 2.05) is 12.1 Å². The molecule has 0 radical (unpaired) electrons. The van der Waals surface area contributed by atoms with Gasteiger partial charge < -0.3 is 25.5 Å². The number of urea groups is 1. The summed E-state index contributed by atoms with van der Waals surface area (Å²) in [4.78, 5) is 28.8. The van der Waals surface area contributed by atoms with Gasteiger partial charge >= 0.3 is 6.03 Å². The largest absolute Gasteiger partial charge is 0.508 e. The van der Waals surface area contributed by atoms with E-state index in [1.54, 1.807) is 41.3 Å². The lowest BCUT2D eigenvalue weighted by Gasteiger charge is -2.36. The molecule has 3 amide bonds. The lowest BCUT2D eigenvalue weighted by atomic mass is 10.1. The minimum Gasteiger partial charge on any atom is -0.508 e. The number of rotatable bonds is 5. The predicted octanol–water partition coefficient (Wildman–Crippen LogP) is 3.82. The molecule has 0 aromatic heterocycles. The van der Waals surface area contributed by atoms with Crippen LogP contribution in [0.25, 0.3) is 0 Å². The first-order valence-corrected chi connectivity index (χ1v) is 10.7. The lowest BCUT2D eigenvalue weighted by molar-refractivity contribution is 0.102. The number of piperazine rings is 1. The van der Waals surface area contributed by atoms with Gasteiger partial charge in [-0.2, -0.15) is 0 Å². The van der Waals surface area contributed by atoms with Crippen molar-refractivity contribution in [3.8, 4) is 5.75 Å². The summed E-state index contributed by atoms with van der Waals surface area (Å²) in [6.07, 6.45) is 0. The SMILES string of the molecule is O=C(Nc1ccc(O)cc1)c1ccc(N2CCN(C(=O)NCc3ccc(F)cc3)CC2)cc1. The van der Waals surface area contributed by atoms with Gasteiger partial charge in [0, 0.05) is 49.7 Å². The van der Waals surface area contributed by atoms with Crippen LogP contribution in [0, 0.1) is 5.82 Å². The molecule has 3 N–H and O–H groups in total. The summed E-state index contributed by atoms with van der Waals surface area (Å²) in [6.45, 7) is 2.88. The summed E-state index contributed by atoms with van der Waals surface area (Å²) in [5.74, 6) is -0.384. The van der Waals surface area contributed by atoms with Crippen molar-refractivity contribution in [3.63, 3.8) is 0 Å². The van der Waals surface area contributed by atoms with E-state index in [4.69, 9.17) is 0 Å². The van der Waals surface area contributed by atoms with E-state index in [0.717, 1.165) is 11.3 Å². The minimum atomic E-state index is -0.299. The van der Waals surface area contributed by atoms with Crippen LogP contribution in [0.1, 0.15) is 15.9 Å². The van der Waals surface area contributed by atoms with Crippen molar-refractivity contribution in [1.82, 2.24) is 10.2 Å². The number of halogens is 1. The van der Waals surface area contributed by atoms with Crippen LogP contribution in [0.4, 0.5) is 20.6 Å². The smallest absolute Gasteiger partial charge is 0.317 e. The average Bonchev–Trinajstić information content (AvgIpc) is 2.85. The fraction of sp³-hybridized carbons (Fsp3) is 0.200. The van der Waals surface area contributed by atoms with E-state index in [-0.39, 0.29) is 23.5 Å².